The van der Waals surface area contributed by atoms with E-state index >= 15 is 0 Å². The lowest BCUT2D eigenvalue weighted by molar-refractivity contribution is 0.216. The van der Waals surface area contributed by atoms with E-state index in [0.29, 0.717) is 49.1 Å². The van der Waals surface area contributed by atoms with Gasteiger partial charge in [0.05, 0.1) is 0 Å². The molecule has 2 rings (SSSR count). The third kappa shape index (κ3) is 10.0. The van der Waals surface area contributed by atoms with Crippen LogP contribution >= 0.6 is 23.2 Å². The number of nitrogens with one attached hydrogen (secondary N) is 4. The lowest BCUT2D eigenvalue weighted by Gasteiger charge is -2.22. The molecule has 0 radical (unpaired) electrons. The first-order chi connectivity index (χ1) is 17.2. The van der Waals surface area contributed by atoms with Gasteiger partial charge in [0.2, 0.25) is 0 Å². The van der Waals surface area contributed by atoms with Crippen molar-refractivity contribution in [3.05, 3.63) is 69.7 Å². The number of carbonyl (C=O) groups excluding carboxylic acids is 2. The lowest BCUT2D eigenvalue weighted by atomic mass is 10.2. The fraction of sp³-hybridized carbons (Fsp3) is 0.333. The van der Waals surface area contributed by atoms with Crippen LogP contribution in [-0.2, 0) is 13.1 Å². The van der Waals surface area contributed by atoms with E-state index in [9.17, 15) is 9.59 Å². The van der Waals surface area contributed by atoms with Crippen LogP contribution in [0.5, 0.6) is 0 Å². The fourth-order valence-electron chi connectivity index (χ4n) is 3.31. The molecule has 36 heavy (non-hydrogen) atoms. The number of nitrogens with zero attached hydrogens (tertiary/aromatic N) is 2. The highest BCUT2D eigenvalue weighted by atomic mass is 35.5. The number of unbranched alkanes of at least 4 members (excludes halogenated alkanes) is 3. The van der Waals surface area contributed by atoms with Crippen molar-refractivity contribution in [2.75, 3.05) is 13.1 Å². The summed E-state index contributed by atoms with van der Waals surface area (Å²) in [6.07, 6.45) is 2.73. The second kappa shape index (κ2) is 14.8. The fourth-order valence-corrected chi connectivity index (χ4v) is 3.56. The van der Waals surface area contributed by atoms with Gasteiger partial charge < -0.3 is 22.1 Å². The lowest BCUT2D eigenvalue weighted by Crippen LogP contribution is -2.47. The first-order valence-corrected chi connectivity index (χ1v) is 12.2. The Morgan fingerprint density at radius 1 is 0.667 bits per heavy atom. The predicted octanol–water partition coefficient (Wildman–Crippen LogP) is 4.06. The molecule has 0 saturated carbocycles. The van der Waals surface area contributed by atoms with E-state index in [2.05, 4.69) is 10.6 Å². The van der Waals surface area contributed by atoms with Crippen LogP contribution < -0.4 is 22.1 Å². The number of amides is 4. The summed E-state index contributed by atoms with van der Waals surface area (Å²) in [5.74, 6) is -0.660. The SMILES string of the molecule is N=C(N)N(CCCCCCN(C(=N)N)C(=O)NCc1ccc(Cl)cc1)C(=O)NCc1ccc(Cl)cc1. The smallest absolute Gasteiger partial charge is 0.324 e. The molecule has 0 fully saturated rings. The molecule has 0 aliphatic rings. The maximum Gasteiger partial charge on any atom is 0.324 e. The van der Waals surface area contributed by atoms with Crippen molar-refractivity contribution in [1.82, 2.24) is 20.4 Å². The van der Waals surface area contributed by atoms with Crippen LogP contribution in [0.3, 0.4) is 0 Å². The van der Waals surface area contributed by atoms with Crippen LogP contribution in [0.1, 0.15) is 36.8 Å². The number of hydrogen-bond acceptors (Lipinski definition) is 4. The van der Waals surface area contributed by atoms with Gasteiger partial charge in [0.25, 0.3) is 0 Å². The first-order valence-electron chi connectivity index (χ1n) is 11.4. The first kappa shape index (κ1) is 28.7. The van der Waals surface area contributed by atoms with Gasteiger partial charge in [0, 0.05) is 36.2 Å². The largest absolute Gasteiger partial charge is 0.370 e. The molecule has 0 unspecified atom stereocenters. The van der Waals surface area contributed by atoms with E-state index in [4.69, 9.17) is 45.5 Å². The maximum atomic E-state index is 12.4. The molecule has 0 aliphatic heterocycles. The molecular formula is C24H32Cl2N8O2. The van der Waals surface area contributed by atoms with Crippen molar-refractivity contribution >= 4 is 47.2 Å². The van der Waals surface area contributed by atoms with Gasteiger partial charge in [-0.3, -0.25) is 20.6 Å². The average molecular weight is 535 g/mol. The summed E-state index contributed by atoms with van der Waals surface area (Å²) in [5.41, 5.74) is 12.9. The molecule has 8 N–H and O–H groups in total. The van der Waals surface area contributed by atoms with Crippen molar-refractivity contribution in [2.24, 2.45) is 11.5 Å². The third-order valence-corrected chi connectivity index (χ3v) is 5.80. The van der Waals surface area contributed by atoms with E-state index in [1.54, 1.807) is 24.3 Å². The number of urea groups is 2. The molecule has 0 aromatic heterocycles. The summed E-state index contributed by atoms with van der Waals surface area (Å²) < 4.78 is 0. The molecule has 194 valence electrons. The number of carbonyl (C=O) groups is 2. The van der Waals surface area contributed by atoms with Gasteiger partial charge in [-0.2, -0.15) is 0 Å². The molecule has 2 aromatic carbocycles. The molecule has 10 nitrogen and oxygen atoms in total. The van der Waals surface area contributed by atoms with Crippen LogP contribution in [0.4, 0.5) is 9.59 Å². The summed E-state index contributed by atoms with van der Waals surface area (Å²) in [7, 11) is 0. The number of guanidine groups is 2. The Balaban J connectivity index is 1.70. The summed E-state index contributed by atoms with van der Waals surface area (Å²) in [6.45, 7) is 1.17. The summed E-state index contributed by atoms with van der Waals surface area (Å²) in [4.78, 5) is 27.2. The molecule has 0 heterocycles. The summed E-state index contributed by atoms with van der Waals surface area (Å²) in [6, 6.07) is 13.3. The Morgan fingerprint density at radius 2 is 1.00 bits per heavy atom. The minimum Gasteiger partial charge on any atom is -0.370 e. The van der Waals surface area contributed by atoms with Crippen LogP contribution in [0.15, 0.2) is 48.5 Å². The Kier molecular flexibility index (Phi) is 11.8. The second-order valence-corrected chi connectivity index (χ2v) is 8.93. The van der Waals surface area contributed by atoms with Gasteiger partial charge >= 0.3 is 12.1 Å². The minimum absolute atomic E-state index is 0.291. The van der Waals surface area contributed by atoms with E-state index in [1.165, 1.54) is 9.80 Å². The minimum atomic E-state index is -0.447. The molecule has 0 atom stereocenters. The molecule has 2 aromatic rings. The zero-order chi connectivity index (χ0) is 26.5. The highest BCUT2D eigenvalue weighted by Gasteiger charge is 2.17. The van der Waals surface area contributed by atoms with Crippen LogP contribution in [-0.4, -0.2) is 46.9 Å². The number of nitrogens with two attached hydrogens (primary N) is 2. The molecule has 12 heteroatoms. The Labute approximate surface area is 220 Å². The monoisotopic (exact) mass is 534 g/mol. The van der Waals surface area contributed by atoms with Crippen molar-refractivity contribution in [1.29, 1.82) is 10.8 Å². The average Bonchev–Trinajstić information content (AvgIpc) is 2.84. The van der Waals surface area contributed by atoms with Gasteiger partial charge in [0.1, 0.15) is 0 Å². The highest BCUT2D eigenvalue weighted by Crippen LogP contribution is 2.11. The number of halogens is 2. The molecule has 0 bridgehead atoms. The van der Waals surface area contributed by atoms with Crippen LogP contribution in [0.2, 0.25) is 10.0 Å². The topological polar surface area (TPSA) is 164 Å². The Bertz CT molecular complexity index is 948. The van der Waals surface area contributed by atoms with Gasteiger partial charge in [-0.1, -0.05) is 60.3 Å². The zero-order valence-corrected chi connectivity index (χ0v) is 21.4. The Morgan fingerprint density at radius 3 is 1.31 bits per heavy atom. The molecule has 0 spiro atoms. The summed E-state index contributed by atoms with van der Waals surface area (Å²) >= 11 is 11.7. The van der Waals surface area contributed by atoms with Crippen molar-refractivity contribution < 1.29 is 9.59 Å². The predicted molar refractivity (Wildman–Crippen MR) is 143 cm³/mol. The van der Waals surface area contributed by atoms with Gasteiger partial charge in [-0.25, -0.2) is 9.59 Å². The quantitative estimate of drug-likeness (QED) is 0.145. The normalized spacial score (nSPS) is 10.4. The van der Waals surface area contributed by atoms with Gasteiger partial charge in [-0.15, -0.1) is 0 Å². The van der Waals surface area contributed by atoms with E-state index in [-0.39, 0.29) is 11.9 Å². The standard InChI is InChI=1S/C24H32Cl2N8O2/c25-19-9-5-17(6-10-19)15-31-23(35)33(21(27)28)13-3-1-2-4-14-34(22(29)30)24(36)32-16-18-7-11-20(26)12-8-18/h5-12H,1-4,13-16H2,(H3,27,28)(H3,29,30)(H,31,35)(H,32,36). The van der Waals surface area contributed by atoms with E-state index < -0.39 is 12.1 Å². The van der Waals surface area contributed by atoms with Crippen LogP contribution in [0.25, 0.3) is 0 Å². The summed E-state index contributed by atoms with van der Waals surface area (Å²) in [5, 5.41) is 22.1. The van der Waals surface area contributed by atoms with Crippen molar-refractivity contribution in [3.63, 3.8) is 0 Å². The number of hydrogen-bond donors (Lipinski definition) is 6. The van der Waals surface area contributed by atoms with Gasteiger partial charge in [0.15, 0.2) is 11.9 Å². The van der Waals surface area contributed by atoms with Crippen molar-refractivity contribution in [3.8, 4) is 0 Å². The third-order valence-electron chi connectivity index (χ3n) is 5.30. The molecule has 0 aliphatic carbocycles. The Hall–Kier alpha value is -3.50. The van der Waals surface area contributed by atoms with Crippen LogP contribution in [0, 0.1) is 10.8 Å². The van der Waals surface area contributed by atoms with E-state index in [1.807, 2.05) is 24.3 Å². The molecule has 4 amide bonds. The maximum absolute atomic E-state index is 12.4. The highest BCUT2D eigenvalue weighted by molar-refractivity contribution is 6.30. The van der Waals surface area contributed by atoms with E-state index in [0.717, 1.165) is 24.0 Å². The molecular weight excluding hydrogens is 503 g/mol. The second-order valence-electron chi connectivity index (χ2n) is 8.06. The van der Waals surface area contributed by atoms with Crippen molar-refractivity contribution in [2.45, 2.75) is 38.8 Å². The zero-order valence-electron chi connectivity index (χ0n) is 19.9. The number of benzene rings is 2. The number of rotatable bonds is 11. The van der Waals surface area contributed by atoms with Gasteiger partial charge in [-0.05, 0) is 48.2 Å². The molecule has 0 saturated heterocycles.